The van der Waals surface area contributed by atoms with Gasteiger partial charge in [0.2, 0.25) is 0 Å². The molecule has 0 aromatic heterocycles. The summed E-state index contributed by atoms with van der Waals surface area (Å²) in [6.07, 6.45) is 0. The third-order valence-corrected chi connectivity index (χ3v) is 0.940. The van der Waals surface area contributed by atoms with Gasteiger partial charge in [-0.15, -0.1) is 0 Å². The first-order valence-electron chi connectivity index (χ1n) is 2.99. The van der Waals surface area contributed by atoms with Crippen molar-refractivity contribution >= 4 is 0 Å². The average Bonchev–Trinajstić information content (AvgIpc) is 1.94. The molecule has 0 saturated heterocycles. The van der Waals surface area contributed by atoms with E-state index in [0.29, 0.717) is 0 Å². The first kappa shape index (κ1) is 12.9. The van der Waals surface area contributed by atoms with Crippen molar-refractivity contribution in [1.29, 1.82) is 0 Å². The Labute approximate surface area is 86.4 Å². The topological polar surface area (TPSA) is 26.0 Å². The van der Waals surface area contributed by atoms with E-state index in [1.54, 1.807) is 0 Å². The van der Waals surface area contributed by atoms with E-state index in [4.69, 9.17) is 0 Å². The van der Waals surface area contributed by atoms with Gasteiger partial charge in [0, 0.05) is 31.1 Å². The van der Waals surface area contributed by atoms with Crippen LogP contribution in [0.5, 0.6) is 0 Å². The zero-order valence-electron chi connectivity index (χ0n) is 6.46. The van der Waals surface area contributed by atoms with E-state index in [-0.39, 0.29) is 31.1 Å². The summed E-state index contributed by atoms with van der Waals surface area (Å²) < 4.78 is 0. The molecule has 2 heteroatoms. The molecule has 1 aromatic rings. The second kappa shape index (κ2) is 9.23. The van der Waals surface area contributed by atoms with Crippen LogP contribution in [0, 0.1) is 38.0 Å². The Kier molecular flexibility index (Phi) is 11.9. The summed E-state index contributed by atoms with van der Waals surface area (Å²) in [5.41, 5.74) is 5.82. The van der Waals surface area contributed by atoms with Crippen LogP contribution < -0.4 is 5.73 Å². The van der Waals surface area contributed by atoms with Crippen molar-refractivity contribution < 1.29 is 31.1 Å². The average molecular weight is 361 g/mol. The van der Waals surface area contributed by atoms with Gasteiger partial charge in [-0.1, -0.05) is 35.9 Å². The monoisotopic (exact) mass is 361 g/mol. The van der Waals surface area contributed by atoms with Crippen molar-refractivity contribution in [2.24, 2.45) is 5.73 Å². The molecule has 0 unspecified atom stereocenters. The molecule has 54 valence electrons. The molecule has 0 aliphatic heterocycles. The van der Waals surface area contributed by atoms with Crippen LogP contribution >= 0.6 is 0 Å². The predicted octanol–water partition coefficient (Wildman–Crippen LogP) is 1.57. The summed E-state index contributed by atoms with van der Waals surface area (Å²) in [7, 11) is 1.50. The van der Waals surface area contributed by atoms with Crippen LogP contribution in [0.25, 0.3) is 0 Å². The summed E-state index contributed by atoms with van der Waals surface area (Å²) in [5, 5.41) is 0. The molecule has 0 saturated carbocycles. The Bertz CT molecular complexity index is 139. The van der Waals surface area contributed by atoms with E-state index in [0.717, 1.165) is 0 Å². The van der Waals surface area contributed by atoms with Gasteiger partial charge in [-0.05, 0) is 14.0 Å². The number of hydrogen-bond donors (Lipinski definition) is 1. The Balaban J connectivity index is 0. The zero-order valence-corrected chi connectivity index (χ0v) is 10.6. The number of benzene rings is 1. The molecule has 1 rings (SSSR count). The maximum Gasteiger partial charge on any atom is 0 e. The first-order chi connectivity index (χ1) is 4.39. The number of hydrogen-bond acceptors (Lipinski definition) is 1. The number of aryl methyl sites for hydroxylation is 1. The van der Waals surface area contributed by atoms with E-state index in [1.165, 1.54) is 12.6 Å². The van der Waals surface area contributed by atoms with Gasteiger partial charge in [0.25, 0.3) is 0 Å². The minimum absolute atomic E-state index is 0. The van der Waals surface area contributed by atoms with Gasteiger partial charge in [0.05, 0.1) is 0 Å². The fourth-order valence-electron chi connectivity index (χ4n) is 0.534. The van der Waals surface area contributed by atoms with Gasteiger partial charge >= 0.3 is 0 Å². The van der Waals surface area contributed by atoms with Crippen LogP contribution in [0.2, 0.25) is 0 Å². The largest absolute Gasteiger partial charge is 0.333 e. The van der Waals surface area contributed by atoms with Crippen LogP contribution in [0.1, 0.15) is 5.56 Å². The number of rotatable bonds is 0. The van der Waals surface area contributed by atoms with Gasteiger partial charge in [0.15, 0.2) is 0 Å². The summed E-state index contributed by atoms with van der Waals surface area (Å²) in [5.74, 6) is 0. The second-order valence-electron chi connectivity index (χ2n) is 1.65. The molecular formula is C8H13NU. The minimum atomic E-state index is 0. The summed E-state index contributed by atoms with van der Waals surface area (Å²) >= 11 is 0. The molecule has 0 bridgehead atoms. The first-order valence-corrected chi connectivity index (χ1v) is 2.99. The minimum Gasteiger partial charge on any atom is -0.333 e. The van der Waals surface area contributed by atoms with Crippen LogP contribution in [-0.2, 0) is 0 Å². The molecule has 0 fully saturated rings. The maximum absolute atomic E-state index is 4.50. The van der Waals surface area contributed by atoms with Gasteiger partial charge in [0.1, 0.15) is 0 Å². The molecule has 2 N–H and O–H groups in total. The Hall–Kier alpha value is 0.232. The van der Waals surface area contributed by atoms with E-state index < -0.39 is 0 Å². The van der Waals surface area contributed by atoms with Gasteiger partial charge in [-0.3, -0.25) is 0 Å². The Morgan fingerprint density at radius 1 is 1.00 bits per heavy atom. The van der Waals surface area contributed by atoms with Crippen molar-refractivity contribution in [3.8, 4) is 0 Å². The fraction of sp³-hybridized carbons (Fsp3) is 0.250. The van der Waals surface area contributed by atoms with E-state index >= 15 is 0 Å². The van der Waals surface area contributed by atoms with Crippen LogP contribution in [0.3, 0.4) is 0 Å². The van der Waals surface area contributed by atoms with E-state index in [9.17, 15) is 0 Å². The smallest absolute Gasteiger partial charge is 0 e. The molecule has 1 nitrogen and oxygen atoms in total. The molecule has 0 spiro atoms. The normalized spacial score (nSPS) is 6.70. The fourth-order valence-corrected chi connectivity index (χ4v) is 0.534. The van der Waals surface area contributed by atoms with Crippen molar-refractivity contribution in [1.82, 2.24) is 0 Å². The predicted molar refractivity (Wildman–Crippen MR) is 41.3 cm³/mol. The van der Waals surface area contributed by atoms with Gasteiger partial charge in [-0.25, -0.2) is 0 Å². The quantitative estimate of drug-likeness (QED) is 0.746. The molecule has 0 radical (unpaired) electrons. The molecule has 10 heavy (non-hydrogen) atoms. The second-order valence-corrected chi connectivity index (χ2v) is 1.65. The SMILES string of the molecule is CN.Cc1ccccc1.[U]. The van der Waals surface area contributed by atoms with Crippen LogP contribution in [0.4, 0.5) is 0 Å². The van der Waals surface area contributed by atoms with Crippen molar-refractivity contribution in [2.45, 2.75) is 6.92 Å². The van der Waals surface area contributed by atoms with Crippen LogP contribution in [0.15, 0.2) is 30.3 Å². The van der Waals surface area contributed by atoms with Crippen molar-refractivity contribution in [3.05, 3.63) is 35.9 Å². The van der Waals surface area contributed by atoms with E-state index in [2.05, 4.69) is 24.8 Å². The third kappa shape index (κ3) is 6.35. The van der Waals surface area contributed by atoms with Crippen molar-refractivity contribution in [3.63, 3.8) is 0 Å². The maximum atomic E-state index is 4.50. The molecule has 0 heterocycles. The molecule has 0 aliphatic rings. The molecule has 0 amide bonds. The summed E-state index contributed by atoms with van der Waals surface area (Å²) in [6, 6.07) is 10.3. The summed E-state index contributed by atoms with van der Waals surface area (Å²) in [6.45, 7) is 2.08. The standard InChI is InChI=1S/C7H8.CH5N.U/c1-7-5-3-2-4-6-7;1-2;/h2-6H,1H3;2H2,1H3;. The summed E-state index contributed by atoms with van der Waals surface area (Å²) in [4.78, 5) is 0. The molecular weight excluding hydrogens is 348 g/mol. The molecule has 1 aromatic carbocycles. The van der Waals surface area contributed by atoms with Gasteiger partial charge in [-0.2, -0.15) is 0 Å². The van der Waals surface area contributed by atoms with E-state index in [1.807, 2.05) is 18.2 Å². The number of nitrogens with two attached hydrogens (primary N) is 1. The zero-order chi connectivity index (χ0) is 7.11. The molecule has 0 aliphatic carbocycles. The Morgan fingerprint density at radius 3 is 1.60 bits per heavy atom. The third-order valence-electron chi connectivity index (χ3n) is 0.940. The van der Waals surface area contributed by atoms with Crippen molar-refractivity contribution in [2.75, 3.05) is 7.05 Å². The van der Waals surface area contributed by atoms with Crippen LogP contribution in [-0.4, -0.2) is 7.05 Å². The molecule has 0 atom stereocenters. The van der Waals surface area contributed by atoms with Gasteiger partial charge < -0.3 is 5.73 Å². The Morgan fingerprint density at radius 2 is 1.40 bits per heavy atom.